The van der Waals surface area contributed by atoms with Crippen LogP contribution in [0.2, 0.25) is 0 Å². The average Bonchev–Trinajstić information content (AvgIpc) is 2.49. The van der Waals surface area contributed by atoms with E-state index >= 15 is 0 Å². The van der Waals surface area contributed by atoms with Crippen LogP contribution in [0.25, 0.3) is 0 Å². The van der Waals surface area contributed by atoms with Gasteiger partial charge < -0.3 is 0 Å². The van der Waals surface area contributed by atoms with E-state index in [0.717, 1.165) is 16.9 Å². The van der Waals surface area contributed by atoms with Crippen LogP contribution < -0.4 is 0 Å². The van der Waals surface area contributed by atoms with Crippen LogP contribution in [0.4, 0.5) is 0 Å². The van der Waals surface area contributed by atoms with Crippen molar-refractivity contribution in [3.8, 4) is 6.07 Å². The summed E-state index contributed by atoms with van der Waals surface area (Å²) in [4.78, 5) is 11.9. The van der Waals surface area contributed by atoms with Crippen molar-refractivity contribution in [2.45, 2.75) is 5.75 Å². The van der Waals surface area contributed by atoms with Crippen LogP contribution in [0.5, 0.6) is 0 Å². The summed E-state index contributed by atoms with van der Waals surface area (Å²) < 4.78 is 0. The number of carbonyl (C=O) groups excluding carboxylic acids is 1. The van der Waals surface area contributed by atoms with Gasteiger partial charge in [0.2, 0.25) is 0 Å². The fourth-order valence-electron chi connectivity index (χ4n) is 1.64. The SMILES string of the molecule is N#Cc1ccc(CSCC(=O)c2ccccc2)cc1. The molecule has 94 valence electrons. The topological polar surface area (TPSA) is 40.9 Å². The number of hydrogen-bond donors (Lipinski definition) is 0. The van der Waals surface area contributed by atoms with Crippen molar-refractivity contribution in [1.29, 1.82) is 5.26 Å². The van der Waals surface area contributed by atoms with Crippen LogP contribution in [-0.4, -0.2) is 11.5 Å². The van der Waals surface area contributed by atoms with Crippen LogP contribution in [0.3, 0.4) is 0 Å². The monoisotopic (exact) mass is 267 g/mol. The number of Topliss-reactive ketones (excluding diaryl/α,β-unsaturated/α-hetero) is 1. The zero-order valence-electron chi connectivity index (χ0n) is 10.4. The Kier molecular flexibility index (Phi) is 4.77. The first kappa shape index (κ1) is 13.4. The predicted octanol–water partition coefficient (Wildman–Crippen LogP) is 3.67. The molecule has 0 atom stereocenters. The number of ketones is 1. The molecule has 19 heavy (non-hydrogen) atoms. The van der Waals surface area contributed by atoms with E-state index in [-0.39, 0.29) is 5.78 Å². The minimum Gasteiger partial charge on any atom is -0.293 e. The molecular weight excluding hydrogens is 254 g/mol. The van der Waals surface area contributed by atoms with Gasteiger partial charge in [0, 0.05) is 11.3 Å². The highest BCUT2D eigenvalue weighted by Crippen LogP contribution is 2.14. The Hall–Kier alpha value is -2.05. The van der Waals surface area contributed by atoms with Crippen molar-refractivity contribution in [3.05, 3.63) is 71.3 Å². The summed E-state index contributed by atoms with van der Waals surface area (Å²) in [5.41, 5.74) is 2.55. The van der Waals surface area contributed by atoms with Crippen molar-refractivity contribution in [1.82, 2.24) is 0 Å². The fraction of sp³-hybridized carbons (Fsp3) is 0.125. The Labute approximate surface area is 117 Å². The van der Waals surface area contributed by atoms with Gasteiger partial charge in [-0.3, -0.25) is 4.79 Å². The first-order valence-corrected chi connectivity index (χ1v) is 7.10. The van der Waals surface area contributed by atoms with E-state index in [4.69, 9.17) is 5.26 Å². The fourth-order valence-corrected chi connectivity index (χ4v) is 2.53. The van der Waals surface area contributed by atoms with E-state index in [1.54, 1.807) is 23.9 Å². The van der Waals surface area contributed by atoms with Gasteiger partial charge in [0.15, 0.2) is 5.78 Å². The van der Waals surface area contributed by atoms with Crippen molar-refractivity contribution in [3.63, 3.8) is 0 Å². The maximum absolute atomic E-state index is 11.9. The molecule has 0 aromatic heterocycles. The molecule has 0 unspecified atom stereocenters. The van der Waals surface area contributed by atoms with E-state index in [0.29, 0.717) is 11.3 Å². The van der Waals surface area contributed by atoms with Gasteiger partial charge in [-0.2, -0.15) is 5.26 Å². The molecule has 0 saturated heterocycles. The molecule has 0 saturated carbocycles. The largest absolute Gasteiger partial charge is 0.293 e. The lowest BCUT2D eigenvalue weighted by atomic mass is 10.2. The minimum atomic E-state index is 0.152. The van der Waals surface area contributed by atoms with Crippen LogP contribution in [-0.2, 0) is 5.75 Å². The van der Waals surface area contributed by atoms with Crippen molar-refractivity contribution < 1.29 is 4.79 Å². The van der Waals surface area contributed by atoms with E-state index in [1.165, 1.54) is 0 Å². The molecule has 0 amide bonds. The summed E-state index contributed by atoms with van der Waals surface area (Å²) in [6.07, 6.45) is 0. The van der Waals surface area contributed by atoms with E-state index in [2.05, 4.69) is 6.07 Å². The molecule has 0 radical (unpaired) electrons. The highest BCUT2D eigenvalue weighted by Gasteiger charge is 2.05. The van der Waals surface area contributed by atoms with Crippen molar-refractivity contribution >= 4 is 17.5 Å². The normalized spacial score (nSPS) is 9.84. The van der Waals surface area contributed by atoms with Crippen molar-refractivity contribution in [2.24, 2.45) is 0 Å². The molecule has 0 fully saturated rings. The number of thioether (sulfide) groups is 1. The quantitative estimate of drug-likeness (QED) is 0.776. The zero-order chi connectivity index (χ0) is 13.5. The number of benzene rings is 2. The number of nitrogens with zero attached hydrogens (tertiary/aromatic N) is 1. The minimum absolute atomic E-state index is 0.152. The molecule has 2 aromatic carbocycles. The molecule has 0 spiro atoms. The Morgan fingerprint density at radius 3 is 2.37 bits per heavy atom. The molecule has 2 nitrogen and oxygen atoms in total. The van der Waals surface area contributed by atoms with Gasteiger partial charge in [0.25, 0.3) is 0 Å². The standard InChI is InChI=1S/C16H13NOS/c17-10-13-6-8-14(9-7-13)11-19-12-16(18)15-4-2-1-3-5-15/h1-9H,11-12H2. The van der Waals surface area contributed by atoms with E-state index in [1.807, 2.05) is 42.5 Å². The molecule has 0 aliphatic rings. The molecule has 0 aliphatic carbocycles. The molecule has 2 rings (SSSR count). The molecule has 0 aliphatic heterocycles. The van der Waals surface area contributed by atoms with Crippen molar-refractivity contribution in [2.75, 3.05) is 5.75 Å². The lowest BCUT2D eigenvalue weighted by Gasteiger charge is -2.02. The third-order valence-corrected chi connectivity index (χ3v) is 3.68. The highest BCUT2D eigenvalue weighted by molar-refractivity contribution is 7.99. The smallest absolute Gasteiger partial charge is 0.172 e. The summed E-state index contributed by atoms with van der Waals surface area (Å²) in [5, 5.41) is 8.70. The lowest BCUT2D eigenvalue weighted by Crippen LogP contribution is -2.02. The van der Waals surface area contributed by atoms with Gasteiger partial charge >= 0.3 is 0 Å². The maximum atomic E-state index is 11.9. The molecule has 0 N–H and O–H groups in total. The first-order chi connectivity index (χ1) is 9.29. The van der Waals surface area contributed by atoms with Crippen LogP contribution >= 0.6 is 11.8 Å². The molecule has 0 heterocycles. The number of hydrogen-bond acceptors (Lipinski definition) is 3. The van der Waals surface area contributed by atoms with Gasteiger partial charge in [0.1, 0.15) is 0 Å². The van der Waals surface area contributed by atoms with Gasteiger partial charge in [0.05, 0.1) is 17.4 Å². The van der Waals surface area contributed by atoms with Crippen LogP contribution in [0.15, 0.2) is 54.6 Å². The van der Waals surface area contributed by atoms with E-state index in [9.17, 15) is 4.79 Å². The summed E-state index contributed by atoms with van der Waals surface area (Å²) in [6, 6.07) is 18.9. The van der Waals surface area contributed by atoms with E-state index < -0.39 is 0 Å². The summed E-state index contributed by atoms with van der Waals surface area (Å²) in [7, 11) is 0. The Morgan fingerprint density at radius 2 is 1.74 bits per heavy atom. The summed E-state index contributed by atoms with van der Waals surface area (Å²) in [5.74, 6) is 1.41. The number of nitriles is 1. The first-order valence-electron chi connectivity index (χ1n) is 5.94. The van der Waals surface area contributed by atoms with Gasteiger partial charge in [-0.25, -0.2) is 0 Å². The van der Waals surface area contributed by atoms with Crippen LogP contribution in [0, 0.1) is 11.3 Å². The predicted molar refractivity (Wildman–Crippen MR) is 78.1 cm³/mol. The van der Waals surface area contributed by atoms with Gasteiger partial charge in [-0.05, 0) is 17.7 Å². The summed E-state index contributed by atoms with van der Waals surface area (Å²) in [6.45, 7) is 0. The second-order valence-corrected chi connectivity index (χ2v) is 5.08. The Bertz CT molecular complexity index is 584. The number of rotatable bonds is 5. The maximum Gasteiger partial charge on any atom is 0.172 e. The Morgan fingerprint density at radius 1 is 1.05 bits per heavy atom. The number of carbonyl (C=O) groups is 1. The second-order valence-electron chi connectivity index (χ2n) is 4.09. The zero-order valence-corrected chi connectivity index (χ0v) is 11.2. The summed E-state index contributed by atoms with van der Waals surface area (Å²) >= 11 is 1.59. The molecule has 2 aromatic rings. The second kappa shape index (κ2) is 6.77. The van der Waals surface area contributed by atoms with Crippen LogP contribution in [0.1, 0.15) is 21.5 Å². The third kappa shape index (κ3) is 3.97. The highest BCUT2D eigenvalue weighted by atomic mass is 32.2. The molecule has 3 heteroatoms. The molecule has 0 bridgehead atoms. The van der Waals surface area contributed by atoms with Gasteiger partial charge in [-0.1, -0.05) is 42.5 Å². The third-order valence-electron chi connectivity index (χ3n) is 2.68. The average molecular weight is 267 g/mol. The van der Waals surface area contributed by atoms with Gasteiger partial charge in [-0.15, -0.1) is 11.8 Å². The molecular formula is C16H13NOS. The lowest BCUT2D eigenvalue weighted by molar-refractivity contribution is 0.102. The Balaban J connectivity index is 1.83.